The fraction of sp³-hybridized carbons (Fsp3) is 0.0476. The van der Waals surface area contributed by atoms with Crippen LogP contribution >= 0.6 is 11.8 Å². The number of benzene rings is 3. The van der Waals surface area contributed by atoms with E-state index >= 15 is 0 Å². The molecule has 0 aliphatic carbocycles. The van der Waals surface area contributed by atoms with Crippen molar-refractivity contribution in [2.75, 3.05) is 0 Å². The molecule has 0 fully saturated rings. The summed E-state index contributed by atoms with van der Waals surface area (Å²) >= 11 is 1.38. The first-order valence-corrected chi connectivity index (χ1v) is 9.62. The summed E-state index contributed by atoms with van der Waals surface area (Å²) in [6, 6.07) is 25.6. The van der Waals surface area contributed by atoms with Crippen LogP contribution in [0.4, 0.5) is 5.69 Å². The number of nitro benzene ring substituents is 1. The Kier molecular flexibility index (Phi) is 5.53. The van der Waals surface area contributed by atoms with Gasteiger partial charge in [0.2, 0.25) is 5.16 Å². The second kappa shape index (κ2) is 8.57. The predicted octanol–water partition coefficient (Wildman–Crippen LogP) is 4.91. The Morgan fingerprint density at radius 3 is 2.21 bits per heavy atom. The van der Waals surface area contributed by atoms with Crippen molar-refractivity contribution in [3.8, 4) is 11.4 Å². The monoisotopic (exact) mass is 404 g/mol. The highest BCUT2D eigenvalue weighted by Gasteiger charge is 2.16. The molecular formula is C21H16N4O3S. The molecule has 0 bridgehead atoms. The molecule has 3 aromatic carbocycles. The lowest BCUT2D eigenvalue weighted by Crippen LogP contribution is -2.06. The number of para-hydroxylation sites is 2. The van der Waals surface area contributed by atoms with Gasteiger partial charge in [0.15, 0.2) is 5.82 Å². The number of non-ortho nitro benzene ring substituents is 1. The molecule has 0 radical (unpaired) electrons. The molecule has 1 aromatic heterocycles. The highest BCUT2D eigenvalue weighted by Crippen LogP contribution is 2.30. The van der Waals surface area contributed by atoms with Crippen molar-refractivity contribution in [3.63, 3.8) is 0 Å². The predicted molar refractivity (Wildman–Crippen MR) is 109 cm³/mol. The van der Waals surface area contributed by atoms with Crippen LogP contribution < -0.4 is 4.74 Å². The first-order chi connectivity index (χ1) is 14.2. The van der Waals surface area contributed by atoms with E-state index in [0.29, 0.717) is 11.0 Å². The van der Waals surface area contributed by atoms with Gasteiger partial charge in [-0.1, -0.05) is 36.4 Å². The van der Waals surface area contributed by atoms with Crippen molar-refractivity contribution in [1.29, 1.82) is 0 Å². The van der Waals surface area contributed by atoms with E-state index in [1.54, 1.807) is 12.1 Å². The fourth-order valence-corrected chi connectivity index (χ4v) is 3.57. The molecule has 144 valence electrons. The van der Waals surface area contributed by atoms with Crippen molar-refractivity contribution in [2.24, 2.45) is 0 Å². The van der Waals surface area contributed by atoms with Gasteiger partial charge >= 0.3 is 0 Å². The SMILES string of the molecule is O=[N+]([O-])c1ccc(Sc2nnc(COc3ccccc3)n2-c2ccccc2)cc1. The van der Waals surface area contributed by atoms with Gasteiger partial charge in [-0.05, 0) is 48.2 Å². The maximum atomic E-state index is 10.9. The number of nitrogens with zero attached hydrogens (tertiary/aromatic N) is 4. The Morgan fingerprint density at radius 1 is 0.897 bits per heavy atom. The molecule has 0 unspecified atom stereocenters. The molecule has 0 aliphatic heterocycles. The van der Waals surface area contributed by atoms with E-state index in [1.165, 1.54) is 23.9 Å². The maximum Gasteiger partial charge on any atom is 0.269 e. The lowest BCUT2D eigenvalue weighted by Gasteiger charge is -2.11. The average Bonchev–Trinajstić information content (AvgIpc) is 3.16. The van der Waals surface area contributed by atoms with E-state index in [1.807, 2.05) is 65.2 Å². The zero-order valence-corrected chi connectivity index (χ0v) is 16.0. The zero-order chi connectivity index (χ0) is 20.1. The van der Waals surface area contributed by atoms with Gasteiger partial charge in [-0.15, -0.1) is 10.2 Å². The summed E-state index contributed by atoms with van der Waals surface area (Å²) in [5.74, 6) is 1.41. The van der Waals surface area contributed by atoms with E-state index in [0.717, 1.165) is 16.3 Å². The van der Waals surface area contributed by atoms with Gasteiger partial charge in [0.1, 0.15) is 12.4 Å². The number of aromatic nitrogens is 3. The Morgan fingerprint density at radius 2 is 1.55 bits per heavy atom. The van der Waals surface area contributed by atoms with Crippen LogP contribution in [0.1, 0.15) is 5.82 Å². The average molecular weight is 404 g/mol. The summed E-state index contributed by atoms with van der Waals surface area (Å²) in [5.41, 5.74) is 0.962. The summed E-state index contributed by atoms with van der Waals surface area (Å²) in [7, 11) is 0. The largest absolute Gasteiger partial charge is 0.486 e. The summed E-state index contributed by atoms with van der Waals surface area (Å²) in [6.45, 7) is 0.257. The Balaban J connectivity index is 1.63. The van der Waals surface area contributed by atoms with Crippen LogP contribution in [-0.4, -0.2) is 19.7 Å². The second-order valence-electron chi connectivity index (χ2n) is 6.02. The first kappa shape index (κ1) is 18.7. The van der Waals surface area contributed by atoms with E-state index < -0.39 is 4.92 Å². The molecule has 0 atom stereocenters. The van der Waals surface area contributed by atoms with Crippen molar-refractivity contribution >= 4 is 17.4 Å². The molecule has 4 rings (SSSR count). The minimum absolute atomic E-state index is 0.0517. The molecule has 0 saturated carbocycles. The second-order valence-corrected chi connectivity index (χ2v) is 7.07. The third-order valence-electron chi connectivity index (χ3n) is 4.08. The van der Waals surface area contributed by atoms with Gasteiger partial charge in [-0.2, -0.15) is 0 Å². The van der Waals surface area contributed by atoms with Crippen LogP contribution in [0.2, 0.25) is 0 Å². The minimum Gasteiger partial charge on any atom is -0.486 e. The molecule has 1 heterocycles. The summed E-state index contributed by atoms with van der Waals surface area (Å²) in [4.78, 5) is 11.3. The molecule has 7 nitrogen and oxygen atoms in total. The van der Waals surface area contributed by atoms with Crippen LogP contribution in [0.3, 0.4) is 0 Å². The van der Waals surface area contributed by atoms with E-state index in [-0.39, 0.29) is 12.3 Å². The molecule has 0 spiro atoms. The molecule has 0 N–H and O–H groups in total. The van der Waals surface area contributed by atoms with E-state index in [9.17, 15) is 10.1 Å². The molecule has 0 amide bonds. The molecule has 4 aromatic rings. The Labute approximate surface area is 171 Å². The normalized spacial score (nSPS) is 10.6. The molecule has 8 heteroatoms. The van der Waals surface area contributed by atoms with Crippen molar-refractivity contribution < 1.29 is 9.66 Å². The third-order valence-corrected chi connectivity index (χ3v) is 5.04. The summed E-state index contributed by atoms with van der Waals surface area (Å²) in [6.07, 6.45) is 0. The van der Waals surface area contributed by atoms with Crippen molar-refractivity contribution in [2.45, 2.75) is 16.7 Å². The quantitative estimate of drug-likeness (QED) is 0.322. The maximum absolute atomic E-state index is 10.9. The Bertz CT molecular complexity index is 1100. The van der Waals surface area contributed by atoms with Crippen molar-refractivity contribution in [3.05, 3.63) is 101 Å². The van der Waals surface area contributed by atoms with Gasteiger partial charge in [-0.3, -0.25) is 14.7 Å². The Hall–Kier alpha value is -3.65. The highest BCUT2D eigenvalue weighted by molar-refractivity contribution is 7.99. The summed E-state index contributed by atoms with van der Waals surface area (Å²) < 4.78 is 7.78. The number of ether oxygens (including phenoxy) is 1. The summed E-state index contributed by atoms with van der Waals surface area (Å²) in [5, 5.41) is 20.1. The lowest BCUT2D eigenvalue weighted by molar-refractivity contribution is -0.384. The number of nitro groups is 1. The minimum atomic E-state index is -0.417. The fourth-order valence-electron chi connectivity index (χ4n) is 2.70. The van der Waals surface area contributed by atoms with Crippen molar-refractivity contribution in [1.82, 2.24) is 14.8 Å². The van der Waals surface area contributed by atoms with Gasteiger partial charge in [0.25, 0.3) is 5.69 Å². The van der Waals surface area contributed by atoms with E-state index in [2.05, 4.69) is 10.2 Å². The number of rotatable bonds is 7. The lowest BCUT2D eigenvalue weighted by atomic mass is 10.3. The molecule has 0 aliphatic rings. The standard InChI is InChI=1S/C21H16N4O3S/c26-25(27)17-11-13-19(14-12-17)29-21-23-22-20(15-28-18-9-5-2-6-10-18)24(21)16-7-3-1-4-8-16/h1-14H,15H2. The van der Waals surface area contributed by atoms with E-state index in [4.69, 9.17) is 4.74 Å². The van der Waals surface area contributed by atoms with Gasteiger partial charge < -0.3 is 4.74 Å². The smallest absolute Gasteiger partial charge is 0.269 e. The van der Waals surface area contributed by atoms with Crippen LogP contribution in [0.25, 0.3) is 5.69 Å². The van der Waals surface area contributed by atoms with Crippen LogP contribution in [0.5, 0.6) is 5.75 Å². The molecular weight excluding hydrogens is 388 g/mol. The zero-order valence-electron chi connectivity index (χ0n) is 15.2. The molecule has 0 saturated heterocycles. The first-order valence-electron chi connectivity index (χ1n) is 8.80. The van der Waals surface area contributed by atoms with Crippen LogP contribution in [-0.2, 0) is 6.61 Å². The topological polar surface area (TPSA) is 83.1 Å². The van der Waals surface area contributed by atoms with Crippen LogP contribution in [0.15, 0.2) is 95.0 Å². The number of hydrogen-bond acceptors (Lipinski definition) is 6. The van der Waals surface area contributed by atoms with Crippen LogP contribution in [0, 0.1) is 10.1 Å². The third kappa shape index (κ3) is 4.44. The molecule has 29 heavy (non-hydrogen) atoms. The highest BCUT2D eigenvalue weighted by atomic mass is 32.2. The van der Waals surface area contributed by atoms with Gasteiger partial charge in [0.05, 0.1) is 4.92 Å². The van der Waals surface area contributed by atoms with Gasteiger partial charge in [-0.25, -0.2) is 0 Å². The van der Waals surface area contributed by atoms with Gasteiger partial charge in [0, 0.05) is 22.7 Å². The number of hydrogen-bond donors (Lipinski definition) is 0.